The van der Waals surface area contributed by atoms with Gasteiger partial charge in [0, 0.05) is 35.7 Å². The number of ketones is 1. The van der Waals surface area contributed by atoms with Gasteiger partial charge in [0.1, 0.15) is 0 Å². The summed E-state index contributed by atoms with van der Waals surface area (Å²) in [5.74, 6) is 0.376. The van der Waals surface area contributed by atoms with Crippen LogP contribution in [0.4, 0.5) is 0 Å². The molecule has 0 aliphatic carbocycles. The minimum atomic E-state index is -0.0815. The Morgan fingerprint density at radius 3 is 2.69 bits per heavy atom. The van der Waals surface area contributed by atoms with Crippen molar-refractivity contribution < 1.29 is 4.79 Å². The average molecular weight is 344 g/mol. The molecule has 0 spiro atoms. The van der Waals surface area contributed by atoms with Crippen molar-refractivity contribution in [2.45, 2.75) is 45.7 Å². The lowest BCUT2D eigenvalue weighted by Gasteiger charge is -2.26. The van der Waals surface area contributed by atoms with E-state index in [-0.39, 0.29) is 12.0 Å². The smallest absolute Gasteiger partial charge is 0.152 e. The second kappa shape index (κ2) is 5.82. The van der Waals surface area contributed by atoms with Gasteiger partial charge in [-0.15, -0.1) is 0 Å². The number of nitrogens with one attached hydrogen (secondary N) is 1. The van der Waals surface area contributed by atoms with Crippen molar-refractivity contribution in [3.63, 3.8) is 0 Å². The first-order chi connectivity index (χ1) is 12.6. The average Bonchev–Trinajstić information content (AvgIpc) is 2.89. The molecule has 2 aliphatic heterocycles. The third kappa shape index (κ3) is 2.20. The largest absolute Gasteiger partial charge is 0.313 e. The summed E-state index contributed by atoms with van der Waals surface area (Å²) in [4.78, 5) is 12.6. The number of nitrogens with zero attached hydrogens (tertiary/aromatic N) is 1. The summed E-state index contributed by atoms with van der Waals surface area (Å²) < 4.78 is 2.46. The molecule has 1 unspecified atom stereocenters. The molecule has 3 aromatic rings. The van der Waals surface area contributed by atoms with Crippen molar-refractivity contribution in [2.75, 3.05) is 0 Å². The van der Waals surface area contributed by atoms with E-state index in [4.69, 9.17) is 0 Å². The Bertz CT molecular complexity index is 1030. The zero-order valence-electron chi connectivity index (χ0n) is 15.4. The van der Waals surface area contributed by atoms with Gasteiger partial charge >= 0.3 is 0 Å². The molecule has 1 atom stereocenters. The molecule has 1 aromatic heterocycles. The lowest BCUT2D eigenvalue weighted by atomic mass is 9.92. The Labute approximate surface area is 154 Å². The maximum absolute atomic E-state index is 12.6. The molecule has 1 N–H and O–H groups in total. The molecule has 132 valence electrons. The highest BCUT2D eigenvalue weighted by molar-refractivity contribution is 5.92. The predicted octanol–water partition coefficient (Wildman–Crippen LogP) is 3.97. The summed E-state index contributed by atoms with van der Waals surface area (Å²) in [6, 6.07) is 15.4. The normalized spacial score (nSPS) is 18.5. The molecule has 26 heavy (non-hydrogen) atoms. The number of Topliss-reactive ketones (excluding diaryl/α,β-unsaturated/α-hetero) is 1. The van der Waals surface area contributed by atoms with Crippen LogP contribution in [0.5, 0.6) is 0 Å². The number of hydrogen-bond donors (Lipinski definition) is 1. The molecular formula is C23H24N2O. The van der Waals surface area contributed by atoms with E-state index in [1.165, 1.54) is 39.0 Å². The van der Waals surface area contributed by atoms with Crippen molar-refractivity contribution in [3.05, 3.63) is 64.8 Å². The Hall–Kier alpha value is -2.39. The summed E-state index contributed by atoms with van der Waals surface area (Å²) in [5, 5.41) is 4.85. The van der Waals surface area contributed by atoms with Gasteiger partial charge in [-0.3, -0.25) is 4.79 Å². The van der Waals surface area contributed by atoms with Gasteiger partial charge < -0.3 is 9.88 Å². The molecule has 2 aromatic carbocycles. The number of fused-ring (bicyclic) bond motifs is 5. The van der Waals surface area contributed by atoms with Crippen LogP contribution >= 0.6 is 0 Å². The lowest BCUT2D eigenvalue weighted by Crippen LogP contribution is -2.44. The van der Waals surface area contributed by atoms with Gasteiger partial charge in [-0.25, -0.2) is 0 Å². The van der Waals surface area contributed by atoms with Gasteiger partial charge in [-0.05, 0) is 35.6 Å². The molecule has 0 fully saturated rings. The van der Waals surface area contributed by atoms with Crippen LogP contribution < -0.4 is 5.32 Å². The van der Waals surface area contributed by atoms with E-state index in [9.17, 15) is 4.79 Å². The summed E-state index contributed by atoms with van der Waals surface area (Å²) >= 11 is 0. The van der Waals surface area contributed by atoms with Gasteiger partial charge in [0.2, 0.25) is 0 Å². The SMILES string of the molecule is CC(C)C(=O)C1Cc2c(c3cccc4c3n2-c2ccccc2CC4)CN1. The van der Waals surface area contributed by atoms with Crippen LogP contribution in [0.15, 0.2) is 42.5 Å². The second-order valence-electron chi connectivity index (χ2n) is 7.90. The van der Waals surface area contributed by atoms with E-state index in [1.54, 1.807) is 0 Å². The number of aromatic nitrogens is 1. The lowest BCUT2D eigenvalue weighted by molar-refractivity contribution is -0.124. The van der Waals surface area contributed by atoms with Gasteiger partial charge in [0.25, 0.3) is 0 Å². The molecular weight excluding hydrogens is 320 g/mol. The first-order valence-electron chi connectivity index (χ1n) is 9.64. The van der Waals surface area contributed by atoms with E-state index in [2.05, 4.69) is 52.3 Å². The van der Waals surface area contributed by atoms with Crippen molar-refractivity contribution in [1.29, 1.82) is 0 Å². The number of benzene rings is 2. The fraction of sp³-hybridized carbons (Fsp3) is 0.348. The molecule has 0 saturated carbocycles. The standard InChI is InChI=1S/C23H24N2O/c1-14(2)23(26)19-12-21-18(13-24-19)17-8-5-7-16-11-10-15-6-3-4-9-20(15)25(21)22(16)17/h3-9,14,19,24H,10-13H2,1-2H3. The first-order valence-corrected chi connectivity index (χ1v) is 9.64. The van der Waals surface area contributed by atoms with Crippen LogP contribution in [0.2, 0.25) is 0 Å². The molecule has 0 amide bonds. The monoisotopic (exact) mass is 344 g/mol. The molecule has 3 heterocycles. The van der Waals surface area contributed by atoms with Crippen LogP contribution in [-0.4, -0.2) is 16.4 Å². The zero-order valence-corrected chi connectivity index (χ0v) is 15.4. The number of carbonyl (C=O) groups excluding carboxylic acids is 1. The number of hydrogen-bond acceptors (Lipinski definition) is 2. The zero-order chi connectivity index (χ0) is 17.8. The summed E-state index contributed by atoms with van der Waals surface area (Å²) in [7, 11) is 0. The molecule has 3 nitrogen and oxygen atoms in total. The minimum Gasteiger partial charge on any atom is -0.313 e. The highest BCUT2D eigenvalue weighted by Crippen LogP contribution is 2.38. The first kappa shape index (κ1) is 15.8. The van der Waals surface area contributed by atoms with E-state index in [1.807, 2.05) is 13.8 Å². The van der Waals surface area contributed by atoms with Crippen LogP contribution in [0, 0.1) is 5.92 Å². The van der Waals surface area contributed by atoms with Gasteiger partial charge in [-0.2, -0.15) is 0 Å². The van der Waals surface area contributed by atoms with E-state index in [0.717, 1.165) is 25.8 Å². The van der Waals surface area contributed by atoms with Crippen molar-refractivity contribution >= 4 is 16.7 Å². The van der Waals surface area contributed by atoms with Crippen molar-refractivity contribution in [2.24, 2.45) is 5.92 Å². The molecule has 0 bridgehead atoms. The summed E-state index contributed by atoms with van der Waals surface area (Å²) in [5.41, 5.74) is 8.14. The fourth-order valence-corrected chi connectivity index (χ4v) is 4.71. The number of aryl methyl sites for hydroxylation is 2. The quantitative estimate of drug-likeness (QED) is 0.763. The molecule has 2 aliphatic rings. The Morgan fingerprint density at radius 1 is 1.08 bits per heavy atom. The van der Waals surface area contributed by atoms with Crippen molar-refractivity contribution in [1.82, 2.24) is 9.88 Å². The van der Waals surface area contributed by atoms with E-state index >= 15 is 0 Å². The number of carbonyl (C=O) groups is 1. The Kier molecular flexibility index (Phi) is 3.54. The third-order valence-electron chi connectivity index (χ3n) is 6.02. The number of rotatable bonds is 2. The topological polar surface area (TPSA) is 34.0 Å². The second-order valence-corrected chi connectivity index (χ2v) is 7.90. The van der Waals surface area contributed by atoms with Crippen LogP contribution in [0.3, 0.4) is 0 Å². The highest BCUT2D eigenvalue weighted by Gasteiger charge is 2.32. The molecule has 3 heteroatoms. The maximum Gasteiger partial charge on any atom is 0.152 e. The molecule has 0 saturated heterocycles. The van der Waals surface area contributed by atoms with Crippen LogP contribution in [-0.2, 0) is 30.6 Å². The molecule has 5 rings (SSSR count). The maximum atomic E-state index is 12.6. The van der Waals surface area contributed by atoms with Crippen LogP contribution in [0.25, 0.3) is 16.6 Å². The Morgan fingerprint density at radius 2 is 1.85 bits per heavy atom. The predicted molar refractivity (Wildman–Crippen MR) is 105 cm³/mol. The summed E-state index contributed by atoms with van der Waals surface area (Å²) in [6.45, 7) is 4.76. The minimum absolute atomic E-state index is 0.0606. The van der Waals surface area contributed by atoms with Crippen molar-refractivity contribution in [3.8, 4) is 5.69 Å². The Balaban J connectivity index is 1.78. The summed E-state index contributed by atoms with van der Waals surface area (Å²) in [6.07, 6.45) is 2.91. The third-order valence-corrected chi connectivity index (χ3v) is 6.02. The van der Waals surface area contributed by atoms with Gasteiger partial charge in [-0.1, -0.05) is 50.2 Å². The highest BCUT2D eigenvalue weighted by atomic mass is 16.1. The van der Waals surface area contributed by atoms with Gasteiger partial charge in [0.05, 0.1) is 11.6 Å². The fourth-order valence-electron chi connectivity index (χ4n) is 4.71. The van der Waals surface area contributed by atoms with E-state index < -0.39 is 0 Å². The van der Waals surface area contributed by atoms with Gasteiger partial charge in [0.15, 0.2) is 5.78 Å². The number of para-hydroxylation sites is 2. The van der Waals surface area contributed by atoms with Crippen LogP contribution in [0.1, 0.15) is 36.2 Å². The molecule has 0 radical (unpaired) electrons. The van der Waals surface area contributed by atoms with E-state index in [0.29, 0.717) is 5.78 Å².